The second kappa shape index (κ2) is 7.32. The van der Waals surface area contributed by atoms with Gasteiger partial charge in [-0.2, -0.15) is 0 Å². The SMILES string of the molecule is CCCC(NC(=O)CNCC)C(=O)O. The molecule has 0 radical (unpaired) electrons. The van der Waals surface area contributed by atoms with Crippen LogP contribution in [0.1, 0.15) is 26.7 Å². The number of amides is 1. The first-order valence-electron chi connectivity index (χ1n) is 4.84. The highest BCUT2D eigenvalue weighted by molar-refractivity contribution is 5.84. The maximum atomic E-state index is 11.2. The number of aliphatic carboxylic acids is 1. The largest absolute Gasteiger partial charge is 0.480 e. The number of carbonyl (C=O) groups is 2. The summed E-state index contributed by atoms with van der Waals surface area (Å²) in [7, 11) is 0. The van der Waals surface area contributed by atoms with Gasteiger partial charge in [-0.15, -0.1) is 0 Å². The molecule has 1 unspecified atom stereocenters. The zero-order valence-corrected chi connectivity index (χ0v) is 8.67. The van der Waals surface area contributed by atoms with Gasteiger partial charge >= 0.3 is 5.97 Å². The standard InChI is InChI=1S/C9H18N2O3/c1-3-5-7(9(13)14)11-8(12)6-10-4-2/h7,10H,3-6H2,1-2H3,(H,11,12)(H,13,14). The quantitative estimate of drug-likeness (QED) is 0.541. The molecule has 0 aromatic heterocycles. The van der Waals surface area contributed by atoms with Gasteiger partial charge in [0.15, 0.2) is 0 Å². The number of carboxylic acids is 1. The van der Waals surface area contributed by atoms with E-state index >= 15 is 0 Å². The van der Waals surface area contributed by atoms with Crippen LogP contribution in [0.5, 0.6) is 0 Å². The van der Waals surface area contributed by atoms with Crippen LogP contribution < -0.4 is 10.6 Å². The first-order chi connectivity index (χ1) is 6.61. The smallest absolute Gasteiger partial charge is 0.326 e. The van der Waals surface area contributed by atoms with E-state index in [1.54, 1.807) is 0 Å². The van der Waals surface area contributed by atoms with Gasteiger partial charge in [-0.25, -0.2) is 4.79 Å². The molecule has 0 saturated carbocycles. The van der Waals surface area contributed by atoms with Crippen LogP contribution in [0.2, 0.25) is 0 Å². The summed E-state index contributed by atoms with van der Waals surface area (Å²) < 4.78 is 0. The molecular weight excluding hydrogens is 184 g/mol. The summed E-state index contributed by atoms with van der Waals surface area (Å²) in [4.78, 5) is 21.8. The van der Waals surface area contributed by atoms with Crippen molar-refractivity contribution in [2.75, 3.05) is 13.1 Å². The number of likely N-dealkylation sites (N-methyl/N-ethyl adjacent to an activating group) is 1. The van der Waals surface area contributed by atoms with E-state index in [-0.39, 0.29) is 12.5 Å². The fourth-order valence-corrected chi connectivity index (χ4v) is 1.03. The lowest BCUT2D eigenvalue weighted by molar-refractivity contribution is -0.141. The van der Waals surface area contributed by atoms with Crippen LogP contribution in [0.3, 0.4) is 0 Å². The summed E-state index contributed by atoms with van der Waals surface area (Å²) in [5.41, 5.74) is 0. The molecule has 0 aliphatic carbocycles. The van der Waals surface area contributed by atoms with Crippen molar-refractivity contribution >= 4 is 11.9 Å². The maximum absolute atomic E-state index is 11.2. The summed E-state index contributed by atoms with van der Waals surface area (Å²) in [6.07, 6.45) is 1.20. The Balaban J connectivity index is 3.90. The molecule has 0 rings (SSSR count). The van der Waals surface area contributed by atoms with Crippen LogP contribution >= 0.6 is 0 Å². The molecule has 0 fully saturated rings. The minimum absolute atomic E-state index is 0.171. The Morgan fingerprint density at radius 3 is 2.43 bits per heavy atom. The third-order valence-corrected chi connectivity index (χ3v) is 1.75. The van der Waals surface area contributed by atoms with E-state index in [0.29, 0.717) is 13.0 Å². The normalized spacial score (nSPS) is 12.1. The highest BCUT2D eigenvalue weighted by atomic mass is 16.4. The average Bonchev–Trinajstić information content (AvgIpc) is 2.14. The van der Waals surface area contributed by atoms with Crippen LogP contribution in [-0.4, -0.2) is 36.1 Å². The Kier molecular flexibility index (Phi) is 6.74. The second-order valence-corrected chi connectivity index (χ2v) is 3.03. The monoisotopic (exact) mass is 202 g/mol. The minimum atomic E-state index is -0.975. The summed E-state index contributed by atoms with van der Waals surface area (Å²) in [6, 6.07) is -0.758. The number of hydrogen-bond acceptors (Lipinski definition) is 3. The molecule has 0 aliphatic heterocycles. The number of carbonyl (C=O) groups excluding carboxylic acids is 1. The van der Waals surface area contributed by atoms with E-state index in [4.69, 9.17) is 5.11 Å². The molecule has 0 bridgehead atoms. The zero-order valence-electron chi connectivity index (χ0n) is 8.67. The molecule has 82 valence electrons. The lowest BCUT2D eigenvalue weighted by Gasteiger charge is -2.13. The number of carboxylic acid groups (broad SMARTS) is 1. The Morgan fingerprint density at radius 1 is 1.36 bits per heavy atom. The number of nitrogens with one attached hydrogen (secondary N) is 2. The van der Waals surface area contributed by atoms with Crippen LogP contribution in [0.15, 0.2) is 0 Å². The number of hydrogen-bond donors (Lipinski definition) is 3. The third-order valence-electron chi connectivity index (χ3n) is 1.75. The Labute approximate surface area is 83.9 Å². The maximum Gasteiger partial charge on any atom is 0.326 e. The fraction of sp³-hybridized carbons (Fsp3) is 0.778. The van der Waals surface area contributed by atoms with Gasteiger partial charge in [0, 0.05) is 0 Å². The topological polar surface area (TPSA) is 78.4 Å². The van der Waals surface area contributed by atoms with Gasteiger partial charge in [0.05, 0.1) is 6.54 Å². The first-order valence-corrected chi connectivity index (χ1v) is 4.84. The van der Waals surface area contributed by atoms with Gasteiger partial charge < -0.3 is 15.7 Å². The van der Waals surface area contributed by atoms with Gasteiger partial charge in [0.1, 0.15) is 6.04 Å². The summed E-state index contributed by atoms with van der Waals surface area (Å²) >= 11 is 0. The predicted octanol–water partition coefficient (Wildman–Crippen LogP) is -0.0346. The van der Waals surface area contributed by atoms with Gasteiger partial charge in [-0.3, -0.25) is 4.79 Å². The van der Waals surface area contributed by atoms with Gasteiger partial charge in [-0.05, 0) is 13.0 Å². The molecule has 5 nitrogen and oxygen atoms in total. The molecule has 0 saturated heterocycles. The van der Waals surface area contributed by atoms with Crippen molar-refractivity contribution in [2.24, 2.45) is 0 Å². The molecule has 0 aliphatic rings. The second-order valence-electron chi connectivity index (χ2n) is 3.03. The molecule has 1 amide bonds. The highest BCUT2D eigenvalue weighted by Gasteiger charge is 2.17. The van der Waals surface area contributed by atoms with Crippen LogP contribution in [-0.2, 0) is 9.59 Å². The highest BCUT2D eigenvalue weighted by Crippen LogP contribution is 1.96. The lowest BCUT2D eigenvalue weighted by atomic mass is 10.1. The van der Waals surface area contributed by atoms with Crippen LogP contribution in [0.25, 0.3) is 0 Å². The van der Waals surface area contributed by atoms with E-state index < -0.39 is 12.0 Å². The summed E-state index contributed by atoms with van der Waals surface area (Å²) in [5.74, 6) is -1.25. The van der Waals surface area contributed by atoms with E-state index in [1.165, 1.54) is 0 Å². The van der Waals surface area contributed by atoms with Crippen LogP contribution in [0, 0.1) is 0 Å². The van der Waals surface area contributed by atoms with Gasteiger partial charge in [0.2, 0.25) is 5.91 Å². The molecule has 0 spiro atoms. The third kappa shape index (κ3) is 5.53. The van der Waals surface area contributed by atoms with E-state index in [0.717, 1.165) is 6.42 Å². The van der Waals surface area contributed by atoms with Crippen molar-refractivity contribution in [3.8, 4) is 0 Å². The molecule has 0 aromatic carbocycles. The van der Waals surface area contributed by atoms with Crippen molar-refractivity contribution in [3.05, 3.63) is 0 Å². The fourth-order valence-electron chi connectivity index (χ4n) is 1.03. The Morgan fingerprint density at radius 2 is 2.00 bits per heavy atom. The number of rotatable bonds is 7. The van der Waals surface area contributed by atoms with Crippen molar-refractivity contribution in [1.29, 1.82) is 0 Å². The summed E-state index contributed by atoms with van der Waals surface area (Å²) in [5, 5.41) is 14.0. The predicted molar refractivity (Wildman–Crippen MR) is 53.0 cm³/mol. The summed E-state index contributed by atoms with van der Waals surface area (Å²) in [6.45, 7) is 4.63. The van der Waals surface area contributed by atoms with E-state index in [1.807, 2.05) is 13.8 Å². The van der Waals surface area contributed by atoms with Crippen molar-refractivity contribution < 1.29 is 14.7 Å². The molecular formula is C9H18N2O3. The average molecular weight is 202 g/mol. The first kappa shape index (κ1) is 12.9. The molecule has 0 heterocycles. The Bertz CT molecular complexity index is 194. The molecule has 14 heavy (non-hydrogen) atoms. The van der Waals surface area contributed by atoms with Gasteiger partial charge in [0.25, 0.3) is 0 Å². The molecule has 1 atom stereocenters. The van der Waals surface area contributed by atoms with E-state index in [2.05, 4.69) is 10.6 Å². The van der Waals surface area contributed by atoms with Crippen LogP contribution in [0.4, 0.5) is 0 Å². The molecule has 5 heteroatoms. The zero-order chi connectivity index (χ0) is 11.0. The van der Waals surface area contributed by atoms with E-state index in [9.17, 15) is 9.59 Å². The van der Waals surface area contributed by atoms with Gasteiger partial charge in [-0.1, -0.05) is 20.3 Å². The molecule has 3 N–H and O–H groups in total. The Hall–Kier alpha value is -1.10. The minimum Gasteiger partial charge on any atom is -0.480 e. The van der Waals surface area contributed by atoms with Crippen molar-refractivity contribution in [2.45, 2.75) is 32.7 Å². The lowest BCUT2D eigenvalue weighted by Crippen LogP contribution is -2.44. The molecule has 0 aromatic rings. The van der Waals surface area contributed by atoms with Crippen molar-refractivity contribution in [3.63, 3.8) is 0 Å². The van der Waals surface area contributed by atoms with Crippen molar-refractivity contribution in [1.82, 2.24) is 10.6 Å².